The van der Waals surface area contributed by atoms with E-state index in [2.05, 4.69) is 26.6 Å². The molecule has 0 aliphatic carbocycles. The van der Waals surface area contributed by atoms with Crippen LogP contribution in [-0.4, -0.2) is 93.2 Å². The van der Waals surface area contributed by atoms with Crippen molar-refractivity contribution < 1.29 is 68.0 Å². The van der Waals surface area contributed by atoms with Crippen molar-refractivity contribution in [1.29, 1.82) is 0 Å². The smallest absolute Gasteiger partial charge is 0.335 e. The van der Waals surface area contributed by atoms with Crippen LogP contribution in [0.25, 0.3) is 0 Å². The third-order valence-corrected chi connectivity index (χ3v) is 9.89. The number of anilines is 4. The third-order valence-electron chi connectivity index (χ3n) is 9.89. The van der Waals surface area contributed by atoms with Crippen LogP contribution in [0.3, 0.4) is 0 Å². The fraction of sp³-hybridized carbons (Fsp3) is 0.213. The number of rotatable bonds is 20. The molecule has 5 aromatic rings. The molecule has 5 amide bonds. The first kappa shape index (κ1) is 50.2. The van der Waals surface area contributed by atoms with E-state index in [-0.39, 0.29) is 73.9 Å². The van der Waals surface area contributed by atoms with E-state index in [1.54, 1.807) is 20.8 Å². The Morgan fingerprint density at radius 2 is 1.16 bits per heavy atom. The summed E-state index contributed by atoms with van der Waals surface area (Å²) in [6, 6.07) is 20.2. The topological polar surface area (TPSA) is 311 Å². The second-order valence-corrected chi connectivity index (χ2v) is 15.1. The molecule has 0 aliphatic rings. The van der Waals surface area contributed by atoms with E-state index < -0.39 is 70.4 Å². The Labute approximate surface area is 387 Å². The number of amides is 5. The van der Waals surface area contributed by atoms with Gasteiger partial charge in [-0.2, -0.15) is 0 Å². The zero-order chi connectivity index (χ0) is 49.8. The van der Waals surface area contributed by atoms with Gasteiger partial charge in [0.25, 0.3) is 35.2 Å². The molecule has 5 aromatic carbocycles. The van der Waals surface area contributed by atoms with Crippen molar-refractivity contribution in [1.82, 2.24) is 5.32 Å². The van der Waals surface area contributed by atoms with E-state index in [0.29, 0.717) is 6.42 Å². The SMILES string of the molecule is CCC(C)Oc1cc(C(=O)O)ccc1NC(=O)c1ccc(NC(=O)c2ccc(NC(=O)C(OC)C(NC(=O)c3ccc(NC(=O)c4ccc([N+](=O)[O-])cc4)cc3)C(=O)O)cc2)c(OC(C)C)c1O. The minimum Gasteiger partial charge on any atom is -0.504 e. The lowest BCUT2D eigenvalue weighted by atomic mass is 10.1. The Morgan fingerprint density at radius 3 is 1.69 bits per heavy atom. The minimum atomic E-state index is -1.89. The van der Waals surface area contributed by atoms with Crippen LogP contribution in [-0.2, 0) is 14.3 Å². The van der Waals surface area contributed by atoms with Crippen molar-refractivity contribution >= 4 is 69.9 Å². The number of phenols is 1. The first-order chi connectivity index (χ1) is 32.3. The molecule has 0 aliphatic heterocycles. The maximum Gasteiger partial charge on any atom is 0.335 e. The van der Waals surface area contributed by atoms with Crippen molar-refractivity contribution in [3.8, 4) is 17.2 Å². The molecule has 0 radical (unpaired) electrons. The van der Waals surface area contributed by atoms with E-state index >= 15 is 0 Å². The number of nitro groups is 1. The Kier molecular flexibility index (Phi) is 16.5. The highest BCUT2D eigenvalue weighted by Crippen LogP contribution is 2.40. The number of carboxylic acid groups (broad SMARTS) is 2. The second kappa shape index (κ2) is 22.4. The molecular weight excluding hydrogens is 889 g/mol. The van der Waals surface area contributed by atoms with Gasteiger partial charge in [-0.1, -0.05) is 6.92 Å². The van der Waals surface area contributed by atoms with Crippen LogP contribution >= 0.6 is 0 Å². The van der Waals surface area contributed by atoms with E-state index in [9.17, 15) is 59.0 Å². The van der Waals surface area contributed by atoms with Gasteiger partial charge in [0.15, 0.2) is 23.6 Å². The number of non-ortho nitro benzene ring substituents is 1. The van der Waals surface area contributed by atoms with Crippen LogP contribution < -0.4 is 36.1 Å². The standard InChI is InChI=1S/C47H46N6O15/c1-6-25(4)68-36-23-29(46(60)61)13-21-34(36)50-44(58)33-20-22-35(39(38(33)54)67-24(2)3)51-42(56)26-7-16-31(17-8-26)49-45(59)40(66-5)37(47(62)63)52-43(57)27-9-14-30(15-10-27)48-41(55)28-11-18-32(19-12-28)53(64)65/h7-25,37,40,54H,6H2,1-5H3,(H,48,55)(H,49,59)(H,50,58)(H,51,56)(H,52,57)(H,60,61)(H,62,63). The van der Waals surface area contributed by atoms with Crippen LogP contribution in [0.4, 0.5) is 28.4 Å². The van der Waals surface area contributed by atoms with Gasteiger partial charge < -0.3 is 56.1 Å². The van der Waals surface area contributed by atoms with Gasteiger partial charge >= 0.3 is 11.9 Å². The summed E-state index contributed by atoms with van der Waals surface area (Å²) in [5, 5.41) is 54.2. The van der Waals surface area contributed by atoms with Gasteiger partial charge in [-0.15, -0.1) is 0 Å². The van der Waals surface area contributed by atoms with Gasteiger partial charge in [0.1, 0.15) is 5.75 Å². The van der Waals surface area contributed by atoms with E-state index in [1.807, 2.05) is 6.92 Å². The van der Waals surface area contributed by atoms with E-state index in [4.69, 9.17) is 14.2 Å². The predicted molar refractivity (Wildman–Crippen MR) is 246 cm³/mol. The number of aliphatic carboxylic acids is 1. The Bertz CT molecular complexity index is 2730. The monoisotopic (exact) mass is 934 g/mol. The number of carbonyl (C=O) groups is 7. The van der Waals surface area contributed by atoms with Crippen molar-refractivity contribution in [2.45, 2.75) is 58.5 Å². The summed E-state index contributed by atoms with van der Waals surface area (Å²) >= 11 is 0. The van der Waals surface area contributed by atoms with E-state index in [1.165, 1.54) is 103 Å². The minimum absolute atomic E-state index is 0.00572. The highest BCUT2D eigenvalue weighted by Gasteiger charge is 2.36. The number of nitro benzene ring substituents is 1. The molecule has 0 heterocycles. The lowest BCUT2D eigenvalue weighted by molar-refractivity contribution is -0.384. The normalized spacial score (nSPS) is 12.1. The summed E-state index contributed by atoms with van der Waals surface area (Å²) < 4.78 is 16.9. The van der Waals surface area contributed by atoms with Crippen LogP contribution in [0.2, 0.25) is 0 Å². The lowest BCUT2D eigenvalue weighted by Gasteiger charge is -2.23. The average molecular weight is 935 g/mol. The van der Waals surface area contributed by atoms with Gasteiger partial charge in [-0.3, -0.25) is 34.1 Å². The summed E-state index contributed by atoms with van der Waals surface area (Å²) in [4.78, 5) is 100. The number of nitrogens with one attached hydrogen (secondary N) is 5. The zero-order valence-electron chi connectivity index (χ0n) is 37.0. The number of hydrogen-bond acceptors (Lipinski definition) is 13. The summed E-state index contributed by atoms with van der Waals surface area (Å²) in [6.45, 7) is 6.96. The lowest BCUT2D eigenvalue weighted by Crippen LogP contribution is -2.54. The highest BCUT2D eigenvalue weighted by molar-refractivity contribution is 6.10. The Balaban J connectivity index is 1.23. The predicted octanol–water partition coefficient (Wildman–Crippen LogP) is 6.56. The summed E-state index contributed by atoms with van der Waals surface area (Å²) in [7, 11) is 1.07. The summed E-state index contributed by atoms with van der Waals surface area (Å²) in [5.74, 6) is -7.46. The Morgan fingerprint density at radius 1 is 0.647 bits per heavy atom. The molecule has 0 saturated heterocycles. The summed E-state index contributed by atoms with van der Waals surface area (Å²) in [6.07, 6.45) is -2.02. The van der Waals surface area contributed by atoms with Gasteiger partial charge in [0, 0.05) is 47.3 Å². The van der Waals surface area contributed by atoms with Gasteiger partial charge in [0.05, 0.1) is 39.6 Å². The first-order valence-electron chi connectivity index (χ1n) is 20.6. The van der Waals surface area contributed by atoms with Crippen LogP contribution in [0.15, 0.2) is 103 Å². The molecular formula is C47H46N6O15. The van der Waals surface area contributed by atoms with Gasteiger partial charge in [-0.05, 0) is 118 Å². The maximum atomic E-state index is 13.5. The van der Waals surface area contributed by atoms with Gasteiger partial charge in [0.2, 0.25) is 0 Å². The number of aromatic hydroxyl groups is 1. The number of ether oxygens (including phenoxy) is 3. The van der Waals surface area contributed by atoms with Crippen LogP contribution in [0.1, 0.15) is 85.9 Å². The quantitative estimate of drug-likeness (QED) is 0.0303. The number of methoxy groups -OCH3 is 1. The fourth-order valence-corrected chi connectivity index (χ4v) is 6.20. The molecule has 3 unspecified atom stereocenters. The molecule has 0 fully saturated rings. The highest BCUT2D eigenvalue weighted by atomic mass is 16.6. The van der Waals surface area contributed by atoms with Crippen molar-refractivity contribution in [2.24, 2.45) is 0 Å². The molecule has 5 rings (SSSR count). The Hall–Kier alpha value is -8.85. The summed E-state index contributed by atoms with van der Waals surface area (Å²) in [5.41, 5.74) is 0.172. The molecule has 0 saturated carbocycles. The average Bonchev–Trinajstić information content (AvgIpc) is 3.30. The maximum absolute atomic E-state index is 13.5. The van der Waals surface area contributed by atoms with E-state index in [0.717, 1.165) is 7.11 Å². The number of benzene rings is 5. The molecule has 3 atom stereocenters. The van der Waals surface area contributed by atoms with Crippen LogP contribution in [0.5, 0.6) is 17.2 Å². The zero-order valence-corrected chi connectivity index (χ0v) is 37.0. The largest absolute Gasteiger partial charge is 0.504 e. The number of hydrogen-bond donors (Lipinski definition) is 8. The second-order valence-electron chi connectivity index (χ2n) is 15.1. The molecule has 354 valence electrons. The molecule has 68 heavy (non-hydrogen) atoms. The number of aromatic carboxylic acids is 1. The number of nitrogens with zero attached hydrogens (tertiary/aromatic N) is 1. The number of carboxylic acids is 2. The van der Waals surface area contributed by atoms with Crippen molar-refractivity contribution in [3.05, 3.63) is 141 Å². The third kappa shape index (κ3) is 12.7. The van der Waals surface area contributed by atoms with Gasteiger partial charge in [-0.25, -0.2) is 9.59 Å². The fourth-order valence-electron chi connectivity index (χ4n) is 6.20. The molecule has 0 spiro atoms. The van der Waals surface area contributed by atoms with Crippen molar-refractivity contribution in [2.75, 3.05) is 28.4 Å². The molecule has 0 aromatic heterocycles. The molecule has 21 heteroatoms. The first-order valence-corrected chi connectivity index (χ1v) is 20.6. The van der Waals surface area contributed by atoms with Crippen LogP contribution in [0, 0.1) is 10.1 Å². The number of phenolic OH excluding ortho intramolecular Hbond substituents is 1. The van der Waals surface area contributed by atoms with Crippen molar-refractivity contribution in [3.63, 3.8) is 0 Å². The number of carbonyl (C=O) groups excluding carboxylic acids is 5. The molecule has 8 N–H and O–H groups in total. The molecule has 21 nitrogen and oxygen atoms in total. The molecule has 0 bridgehead atoms.